The Bertz CT molecular complexity index is 589. The van der Waals surface area contributed by atoms with Gasteiger partial charge >= 0.3 is 0 Å². The molecule has 0 saturated carbocycles. The van der Waals surface area contributed by atoms with Gasteiger partial charge in [0.25, 0.3) is 10.1 Å². The highest BCUT2D eigenvalue weighted by Gasteiger charge is 2.11. The van der Waals surface area contributed by atoms with Crippen LogP contribution < -0.4 is 5.32 Å². The first kappa shape index (κ1) is 18.8. The van der Waals surface area contributed by atoms with E-state index in [1.165, 1.54) is 12.1 Å². The lowest BCUT2D eigenvalue weighted by molar-refractivity contribution is 0.478. The van der Waals surface area contributed by atoms with Gasteiger partial charge in [0, 0.05) is 0 Å². The second-order valence-corrected chi connectivity index (χ2v) is 7.92. The molecular weight excluding hydrogens is 305 g/mol. The van der Waals surface area contributed by atoms with Crippen LogP contribution in [-0.2, 0) is 10.1 Å². The summed E-state index contributed by atoms with van der Waals surface area (Å²) in [5, 5.41) is 3.22. The number of hydrogen-bond donors (Lipinski definition) is 2. The summed E-state index contributed by atoms with van der Waals surface area (Å²) in [7, 11) is -3.94. The molecule has 0 radical (unpaired) electrons. The second kappa shape index (κ2) is 7.85. The zero-order chi connectivity index (χ0) is 16.8. The third-order valence-corrected chi connectivity index (χ3v) is 3.77. The molecule has 0 bridgehead atoms. The van der Waals surface area contributed by atoms with Gasteiger partial charge < -0.3 is 5.32 Å². The van der Waals surface area contributed by atoms with E-state index < -0.39 is 10.1 Å². The maximum Gasteiger partial charge on any atom is 0.264 e. The van der Waals surface area contributed by atoms with Crippen molar-refractivity contribution >= 4 is 10.1 Å². The molecule has 22 heavy (non-hydrogen) atoms. The number of rotatable bonds is 7. The predicted molar refractivity (Wildman–Crippen MR) is 86.8 cm³/mol. The van der Waals surface area contributed by atoms with Gasteiger partial charge in [-0.25, -0.2) is 4.39 Å². The average molecular weight is 329 g/mol. The molecule has 0 saturated heterocycles. The number of halogens is 1. The zero-order valence-electron chi connectivity index (χ0n) is 13.2. The van der Waals surface area contributed by atoms with Gasteiger partial charge in [-0.3, -0.25) is 4.55 Å². The van der Waals surface area contributed by atoms with Gasteiger partial charge in [0.2, 0.25) is 0 Å². The number of benzene rings is 1. The Balaban J connectivity index is 2.74. The minimum absolute atomic E-state index is 0.00833. The smallest absolute Gasteiger partial charge is 0.264 e. The minimum atomic E-state index is -3.94. The summed E-state index contributed by atoms with van der Waals surface area (Å²) in [4.78, 5) is 0. The van der Waals surface area contributed by atoms with E-state index in [2.05, 4.69) is 32.2 Å². The molecule has 0 spiro atoms. The van der Waals surface area contributed by atoms with Crippen molar-refractivity contribution in [2.24, 2.45) is 5.41 Å². The first-order valence-corrected chi connectivity index (χ1v) is 8.81. The van der Waals surface area contributed by atoms with E-state index in [4.69, 9.17) is 4.55 Å². The van der Waals surface area contributed by atoms with Crippen LogP contribution in [0.4, 0.5) is 4.39 Å². The highest BCUT2D eigenvalue weighted by atomic mass is 32.2. The summed E-state index contributed by atoms with van der Waals surface area (Å²) in [6.45, 7) is 6.65. The molecule has 2 N–H and O–H groups in total. The van der Waals surface area contributed by atoms with Crippen LogP contribution in [0.2, 0.25) is 0 Å². The summed E-state index contributed by atoms with van der Waals surface area (Å²) in [5.41, 5.74) is 0.905. The SMILES string of the molecule is CC(C)(C)C=C[C@@H](NCCCS(=O)(=O)O)c1ccc(F)cc1. The van der Waals surface area contributed by atoms with Crippen LogP contribution in [-0.4, -0.2) is 25.3 Å². The molecule has 124 valence electrons. The minimum Gasteiger partial charge on any atom is -0.307 e. The molecule has 1 atom stereocenters. The van der Waals surface area contributed by atoms with E-state index in [0.717, 1.165) is 5.56 Å². The molecule has 0 aliphatic rings. The Morgan fingerprint density at radius 1 is 1.27 bits per heavy atom. The van der Waals surface area contributed by atoms with Gasteiger partial charge in [0.1, 0.15) is 5.82 Å². The molecule has 1 rings (SSSR count). The van der Waals surface area contributed by atoms with E-state index in [9.17, 15) is 12.8 Å². The van der Waals surface area contributed by atoms with Gasteiger partial charge in [-0.15, -0.1) is 0 Å². The Morgan fingerprint density at radius 3 is 2.36 bits per heavy atom. The highest BCUT2D eigenvalue weighted by molar-refractivity contribution is 7.85. The van der Waals surface area contributed by atoms with E-state index in [0.29, 0.717) is 13.0 Å². The van der Waals surface area contributed by atoms with Crippen molar-refractivity contribution in [1.82, 2.24) is 5.32 Å². The van der Waals surface area contributed by atoms with Crippen molar-refractivity contribution < 1.29 is 17.4 Å². The molecule has 6 heteroatoms. The lowest BCUT2D eigenvalue weighted by Crippen LogP contribution is -2.23. The molecule has 0 aliphatic heterocycles. The van der Waals surface area contributed by atoms with Crippen LogP contribution >= 0.6 is 0 Å². The Kier molecular flexibility index (Phi) is 6.71. The van der Waals surface area contributed by atoms with Crippen LogP contribution in [0.25, 0.3) is 0 Å². The molecule has 0 amide bonds. The maximum absolute atomic E-state index is 13.0. The van der Waals surface area contributed by atoms with Gasteiger partial charge in [0.05, 0.1) is 11.8 Å². The van der Waals surface area contributed by atoms with Crippen molar-refractivity contribution in [2.45, 2.75) is 33.2 Å². The number of allylic oxidation sites excluding steroid dienone is 1. The molecule has 0 fully saturated rings. The summed E-state index contributed by atoms with van der Waals surface area (Å²) in [6, 6.07) is 6.05. The lowest BCUT2D eigenvalue weighted by atomic mass is 9.94. The summed E-state index contributed by atoms with van der Waals surface area (Å²) in [5.74, 6) is -0.576. The largest absolute Gasteiger partial charge is 0.307 e. The number of nitrogens with one attached hydrogen (secondary N) is 1. The first-order chi connectivity index (χ1) is 10.1. The molecule has 1 aromatic rings. The standard InChI is InChI=1S/C16H24FNO3S/c1-16(2,3)10-9-15(13-5-7-14(17)8-6-13)18-11-4-12-22(19,20)21/h5-10,15,18H,4,11-12H2,1-3H3,(H,19,20,21)/t15-/m1/s1. The van der Waals surface area contributed by atoms with Gasteiger partial charge in [-0.1, -0.05) is 45.1 Å². The van der Waals surface area contributed by atoms with Crippen molar-refractivity contribution in [3.63, 3.8) is 0 Å². The first-order valence-electron chi connectivity index (χ1n) is 7.20. The summed E-state index contributed by atoms with van der Waals surface area (Å²) in [6.07, 6.45) is 4.34. The monoisotopic (exact) mass is 329 g/mol. The van der Waals surface area contributed by atoms with Crippen LogP contribution in [0.1, 0.15) is 38.8 Å². The zero-order valence-corrected chi connectivity index (χ0v) is 14.0. The highest BCUT2D eigenvalue weighted by Crippen LogP contribution is 2.20. The summed E-state index contributed by atoms with van der Waals surface area (Å²) < 4.78 is 43.2. The van der Waals surface area contributed by atoms with E-state index >= 15 is 0 Å². The predicted octanol–water partition coefficient (Wildman–Crippen LogP) is 3.34. The molecule has 0 aliphatic carbocycles. The fourth-order valence-electron chi connectivity index (χ4n) is 1.86. The van der Waals surface area contributed by atoms with Crippen molar-refractivity contribution in [2.75, 3.05) is 12.3 Å². The third-order valence-electron chi connectivity index (χ3n) is 2.96. The lowest BCUT2D eigenvalue weighted by Gasteiger charge is -2.18. The topological polar surface area (TPSA) is 66.4 Å². The van der Waals surface area contributed by atoms with Crippen LogP contribution in [0.5, 0.6) is 0 Å². The molecule has 0 heterocycles. The number of hydrogen-bond acceptors (Lipinski definition) is 3. The maximum atomic E-state index is 13.0. The normalized spacial score (nSPS) is 14.4. The van der Waals surface area contributed by atoms with Crippen LogP contribution in [0.3, 0.4) is 0 Å². The molecular formula is C16H24FNO3S. The van der Waals surface area contributed by atoms with Gasteiger partial charge in [-0.05, 0) is 36.1 Å². The fourth-order valence-corrected chi connectivity index (χ4v) is 2.37. The molecule has 0 aromatic heterocycles. The summed E-state index contributed by atoms with van der Waals surface area (Å²) >= 11 is 0. The fraction of sp³-hybridized carbons (Fsp3) is 0.500. The van der Waals surface area contributed by atoms with E-state index in [1.54, 1.807) is 12.1 Å². The Morgan fingerprint density at radius 2 is 1.86 bits per heavy atom. The van der Waals surface area contributed by atoms with Crippen LogP contribution in [0, 0.1) is 11.2 Å². The van der Waals surface area contributed by atoms with E-state index in [-0.39, 0.29) is 23.0 Å². The Labute approximate surface area is 132 Å². The van der Waals surface area contributed by atoms with Crippen molar-refractivity contribution in [3.8, 4) is 0 Å². The van der Waals surface area contributed by atoms with Crippen molar-refractivity contribution in [1.29, 1.82) is 0 Å². The van der Waals surface area contributed by atoms with Gasteiger partial charge in [0.15, 0.2) is 0 Å². The van der Waals surface area contributed by atoms with E-state index in [1.807, 2.05) is 6.08 Å². The molecule has 1 aromatic carbocycles. The quantitative estimate of drug-likeness (QED) is 0.457. The average Bonchev–Trinajstić information content (AvgIpc) is 2.37. The van der Waals surface area contributed by atoms with Crippen molar-refractivity contribution in [3.05, 3.63) is 47.8 Å². The molecule has 4 nitrogen and oxygen atoms in total. The second-order valence-electron chi connectivity index (χ2n) is 6.35. The molecule has 0 unspecified atom stereocenters. The third kappa shape index (κ3) is 8.26. The van der Waals surface area contributed by atoms with Gasteiger partial charge in [-0.2, -0.15) is 8.42 Å². The van der Waals surface area contributed by atoms with Crippen LogP contribution in [0.15, 0.2) is 36.4 Å². The Hall–Kier alpha value is -1.24.